The van der Waals surface area contributed by atoms with Crippen LogP contribution >= 0.6 is 15.9 Å². The molecule has 1 aliphatic heterocycles. The zero-order chi connectivity index (χ0) is 12.7. The molecule has 1 aromatic rings. The molecule has 1 fully saturated rings. The number of amides is 1. The van der Waals surface area contributed by atoms with Crippen LogP contribution in [0.2, 0.25) is 0 Å². The van der Waals surface area contributed by atoms with Crippen LogP contribution in [-0.4, -0.2) is 28.5 Å². The van der Waals surface area contributed by atoms with E-state index in [-0.39, 0.29) is 5.91 Å². The van der Waals surface area contributed by atoms with Crippen LogP contribution in [0.25, 0.3) is 0 Å². The lowest BCUT2D eigenvalue weighted by atomic mass is 10.1. The molecular weight excluding hydrogens is 292 g/mol. The zero-order valence-electron chi connectivity index (χ0n) is 10.5. The summed E-state index contributed by atoms with van der Waals surface area (Å²) in [5, 5.41) is 0. The van der Waals surface area contributed by atoms with Crippen LogP contribution in [0.5, 0.6) is 0 Å². The SMILES string of the molecule is CC1=CCN(C(=O)c2cc(Br)cn2C2CC2)CC1. The Morgan fingerprint density at radius 1 is 1.44 bits per heavy atom. The van der Waals surface area contributed by atoms with Crippen molar-refractivity contribution in [1.29, 1.82) is 0 Å². The van der Waals surface area contributed by atoms with Crippen molar-refractivity contribution in [3.05, 3.63) is 34.1 Å². The molecule has 96 valence electrons. The standard InChI is InChI=1S/C14H17BrN2O/c1-10-4-6-16(7-5-10)14(18)13-8-11(15)9-17(13)12-2-3-12/h4,8-9,12H,2-3,5-7H2,1H3. The van der Waals surface area contributed by atoms with E-state index in [1.807, 2.05) is 17.2 Å². The summed E-state index contributed by atoms with van der Waals surface area (Å²) in [5.41, 5.74) is 2.22. The van der Waals surface area contributed by atoms with Gasteiger partial charge in [-0.25, -0.2) is 0 Å². The summed E-state index contributed by atoms with van der Waals surface area (Å²) in [6, 6.07) is 2.49. The first-order chi connectivity index (χ1) is 8.65. The Bertz CT molecular complexity index is 514. The second-order valence-corrected chi connectivity index (χ2v) is 6.15. The van der Waals surface area contributed by atoms with Gasteiger partial charge in [0.2, 0.25) is 0 Å². The summed E-state index contributed by atoms with van der Waals surface area (Å²) in [4.78, 5) is 14.5. The zero-order valence-corrected chi connectivity index (χ0v) is 12.1. The lowest BCUT2D eigenvalue weighted by Crippen LogP contribution is -2.35. The van der Waals surface area contributed by atoms with Crippen LogP contribution < -0.4 is 0 Å². The molecule has 3 rings (SSSR count). The van der Waals surface area contributed by atoms with E-state index in [0.29, 0.717) is 6.04 Å². The van der Waals surface area contributed by atoms with Gasteiger partial charge in [-0.05, 0) is 48.2 Å². The molecule has 0 atom stereocenters. The molecule has 4 heteroatoms. The highest BCUT2D eigenvalue weighted by Crippen LogP contribution is 2.37. The number of hydrogen-bond donors (Lipinski definition) is 0. The Labute approximate surface area is 116 Å². The maximum Gasteiger partial charge on any atom is 0.270 e. The van der Waals surface area contributed by atoms with Crippen molar-refractivity contribution in [2.75, 3.05) is 13.1 Å². The lowest BCUT2D eigenvalue weighted by Gasteiger charge is -2.26. The molecule has 0 bridgehead atoms. The van der Waals surface area contributed by atoms with Crippen molar-refractivity contribution in [3.8, 4) is 0 Å². The van der Waals surface area contributed by atoms with Gasteiger partial charge in [-0.15, -0.1) is 0 Å². The lowest BCUT2D eigenvalue weighted by molar-refractivity contribution is 0.0758. The van der Waals surface area contributed by atoms with Gasteiger partial charge in [0.1, 0.15) is 5.69 Å². The summed E-state index contributed by atoms with van der Waals surface area (Å²) in [6.45, 7) is 3.72. The predicted octanol–water partition coefficient (Wildman–Crippen LogP) is 3.38. The van der Waals surface area contributed by atoms with Gasteiger partial charge in [-0.2, -0.15) is 0 Å². The van der Waals surface area contributed by atoms with E-state index in [1.54, 1.807) is 0 Å². The van der Waals surface area contributed by atoms with E-state index in [2.05, 4.69) is 33.5 Å². The maximum absolute atomic E-state index is 12.5. The number of hydrogen-bond acceptors (Lipinski definition) is 1. The number of carbonyl (C=O) groups excluding carboxylic acids is 1. The van der Waals surface area contributed by atoms with E-state index in [4.69, 9.17) is 0 Å². The Balaban J connectivity index is 1.83. The van der Waals surface area contributed by atoms with Crippen LogP contribution in [0.15, 0.2) is 28.4 Å². The minimum atomic E-state index is 0.163. The molecule has 2 heterocycles. The van der Waals surface area contributed by atoms with E-state index >= 15 is 0 Å². The molecule has 1 saturated carbocycles. The van der Waals surface area contributed by atoms with Crippen LogP contribution in [-0.2, 0) is 0 Å². The Morgan fingerprint density at radius 3 is 2.83 bits per heavy atom. The van der Waals surface area contributed by atoms with Gasteiger partial charge in [0.15, 0.2) is 0 Å². The van der Waals surface area contributed by atoms with E-state index < -0.39 is 0 Å². The second kappa shape index (κ2) is 4.57. The van der Waals surface area contributed by atoms with Crippen LogP contribution in [0.1, 0.15) is 42.7 Å². The maximum atomic E-state index is 12.5. The van der Waals surface area contributed by atoms with Gasteiger partial charge >= 0.3 is 0 Å². The third-order valence-electron chi connectivity index (χ3n) is 3.70. The predicted molar refractivity (Wildman–Crippen MR) is 74.7 cm³/mol. The number of nitrogens with zero attached hydrogens (tertiary/aromatic N) is 2. The van der Waals surface area contributed by atoms with Crippen LogP contribution in [0.4, 0.5) is 0 Å². The van der Waals surface area contributed by atoms with Crippen LogP contribution in [0.3, 0.4) is 0 Å². The fourth-order valence-corrected chi connectivity index (χ4v) is 2.83. The van der Waals surface area contributed by atoms with Crippen molar-refractivity contribution in [2.45, 2.75) is 32.2 Å². The highest BCUT2D eigenvalue weighted by Gasteiger charge is 2.29. The molecule has 0 unspecified atom stereocenters. The molecule has 18 heavy (non-hydrogen) atoms. The van der Waals surface area contributed by atoms with Gasteiger partial charge < -0.3 is 9.47 Å². The largest absolute Gasteiger partial charge is 0.339 e. The van der Waals surface area contributed by atoms with E-state index in [1.165, 1.54) is 18.4 Å². The molecular formula is C14H17BrN2O. The van der Waals surface area contributed by atoms with Gasteiger partial charge in [0.25, 0.3) is 5.91 Å². The normalized spacial score (nSPS) is 19.9. The number of rotatable bonds is 2. The van der Waals surface area contributed by atoms with Gasteiger partial charge in [0.05, 0.1) is 0 Å². The second-order valence-electron chi connectivity index (χ2n) is 5.23. The Hall–Kier alpha value is -1.03. The van der Waals surface area contributed by atoms with Gasteiger partial charge in [0, 0.05) is 29.8 Å². The molecule has 0 aromatic carbocycles. The van der Waals surface area contributed by atoms with Crippen molar-refractivity contribution in [2.24, 2.45) is 0 Å². The highest BCUT2D eigenvalue weighted by atomic mass is 79.9. The summed E-state index contributed by atoms with van der Waals surface area (Å²) < 4.78 is 3.14. The smallest absolute Gasteiger partial charge is 0.270 e. The molecule has 0 radical (unpaired) electrons. The minimum absolute atomic E-state index is 0.163. The molecule has 3 nitrogen and oxygen atoms in total. The monoisotopic (exact) mass is 308 g/mol. The number of halogens is 1. The Morgan fingerprint density at radius 2 is 2.22 bits per heavy atom. The average Bonchev–Trinajstić information content (AvgIpc) is 3.13. The molecule has 1 amide bonds. The number of carbonyl (C=O) groups is 1. The highest BCUT2D eigenvalue weighted by molar-refractivity contribution is 9.10. The van der Waals surface area contributed by atoms with Crippen molar-refractivity contribution < 1.29 is 4.79 Å². The summed E-state index contributed by atoms with van der Waals surface area (Å²) >= 11 is 3.48. The van der Waals surface area contributed by atoms with Crippen molar-refractivity contribution in [1.82, 2.24) is 9.47 Å². The number of aromatic nitrogens is 1. The Kier molecular flexibility index (Phi) is 3.06. The fourth-order valence-electron chi connectivity index (χ4n) is 2.39. The first kappa shape index (κ1) is 12.0. The molecule has 1 aliphatic carbocycles. The quantitative estimate of drug-likeness (QED) is 0.769. The van der Waals surface area contributed by atoms with Gasteiger partial charge in [-0.1, -0.05) is 11.6 Å². The van der Waals surface area contributed by atoms with Crippen molar-refractivity contribution in [3.63, 3.8) is 0 Å². The molecule has 1 aromatic heterocycles. The average molecular weight is 309 g/mol. The van der Waals surface area contributed by atoms with Crippen molar-refractivity contribution >= 4 is 21.8 Å². The minimum Gasteiger partial charge on any atom is -0.339 e. The molecule has 0 N–H and O–H groups in total. The first-order valence-electron chi connectivity index (χ1n) is 6.47. The molecule has 2 aliphatic rings. The summed E-state index contributed by atoms with van der Waals surface area (Å²) in [7, 11) is 0. The van der Waals surface area contributed by atoms with Gasteiger partial charge in [-0.3, -0.25) is 4.79 Å². The fraction of sp³-hybridized carbons (Fsp3) is 0.500. The summed E-state index contributed by atoms with van der Waals surface area (Å²) in [5.74, 6) is 0.163. The molecule has 0 spiro atoms. The topological polar surface area (TPSA) is 25.2 Å². The van der Waals surface area contributed by atoms with E-state index in [9.17, 15) is 4.79 Å². The molecule has 0 saturated heterocycles. The third-order valence-corrected chi connectivity index (χ3v) is 4.13. The third kappa shape index (κ3) is 2.26. The van der Waals surface area contributed by atoms with Crippen LogP contribution in [0, 0.1) is 0 Å². The first-order valence-corrected chi connectivity index (χ1v) is 7.27. The van der Waals surface area contributed by atoms with E-state index in [0.717, 1.165) is 29.7 Å². The summed E-state index contributed by atoms with van der Waals surface area (Å²) in [6.07, 6.45) is 7.58.